The van der Waals surface area contributed by atoms with Crippen LogP contribution in [0.2, 0.25) is 0 Å². The minimum atomic E-state index is -2.74. The summed E-state index contributed by atoms with van der Waals surface area (Å²) in [7, 11) is 0. The van der Waals surface area contributed by atoms with Gasteiger partial charge in [-0.15, -0.1) is 0 Å². The fourth-order valence-electron chi connectivity index (χ4n) is 1.51. The molecular formula is C12H12F2O3. The standard InChI is InChI=1S/C12H12F2O3/c1-2-10(15)7-3-4-9(12(13)14)8(5-7)6-11(16)17/h3-5,12H,2,6H2,1H3,(H,16,17). The largest absolute Gasteiger partial charge is 0.481 e. The van der Waals surface area contributed by atoms with E-state index >= 15 is 0 Å². The monoisotopic (exact) mass is 242 g/mol. The summed E-state index contributed by atoms with van der Waals surface area (Å²) in [6.07, 6.45) is -3.00. The van der Waals surface area contributed by atoms with E-state index in [0.717, 1.165) is 6.07 Å². The van der Waals surface area contributed by atoms with E-state index in [-0.39, 0.29) is 28.9 Å². The van der Waals surface area contributed by atoms with E-state index in [1.54, 1.807) is 6.92 Å². The van der Waals surface area contributed by atoms with E-state index in [2.05, 4.69) is 0 Å². The van der Waals surface area contributed by atoms with E-state index in [0.29, 0.717) is 0 Å². The first-order valence-electron chi connectivity index (χ1n) is 5.11. The van der Waals surface area contributed by atoms with Gasteiger partial charge in [0.25, 0.3) is 6.43 Å². The molecule has 1 aromatic rings. The second-order valence-electron chi connectivity index (χ2n) is 3.56. The van der Waals surface area contributed by atoms with Crippen molar-refractivity contribution in [3.8, 4) is 0 Å². The molecule has 1 N–H and O–H groups in total. The molecule has 5 heteroatoms. The lowest BCUT2D eigenvalue weighted by Crippen LogP contribution is -2.06. The minimum absolute atomic E-state index is 0.00759. The highest BCUT2D eigenvalue weighted by atomic mass is 19.3. The summed E-state index contributed by atoms with van der Waals surface area (Å²) in [4.78, 5) is 22.0. The molecule has 0 unspecified atom stereocenters. The first-order chi connectivity index (χ1) is 7.95. The van der Waals surface area contributed by atoms with Crippen LogP contribution in [0.1, 0.15) is 41.3 Å². The molecule has 3 nitrogen and oxygen atoms in total. The summed E-state index contributed by atoms with van der Waals surface area (Å²) >= 11 is 0. The molecule has 92 valence electrons. The minimum Gasteiger partial charge on any atom is -0.481 e. The van der Waals surface area contributed by atoms with E-state index in [9.17, 15) is 18.4 Å². The lowest BCUT2D eigenvalue weighted by Gasteiger charge is -2.08. The summed E-state index contributed by atoms with van der Waals surface area (Å²) in [5, 5.41) is 8.63. The number of halogens is 2. The first kappa shape index (κ1) is 13.3. The number of benzene rings is 1. The zero-order chi connectivity index (χ0) is 13.0. The van der Waals surface area contributed by atoms with E-state index < -0.39 is 18.8 Å². The third-order valence-corrected chi connectivity index (χ3v) is 2.36. The normalized spacial score (nSPS) is 10.6. The van der Waals surface area contributed by atoms with Crippen LogP contribution in [0.3, 0.4) is 0 Å². The summed E-state index contributed by atoms with van der Waals surface area (Å²) < 4.78 is 25.2. The van der Waals surface area contributed by atoms with Crippen molar-refractivity contribution in [2.45, 2.75) is 26.2 Å². The number of carboxylic acid groups (broad SMARTS) is 1. The van der Waals surface area contributed by atoms with Crippen molar-refractivity contribution in [3.63, 3.8) is 0 Å². The van der Waals surface area contributed by atoms with Gasteiger partial charge < -0.3 is 5.11 Å². The molecule has 0 aliphatic rings. The molecule has 0 aliphatic heterocycles. The number of carbonyl (C=O) groups is 2. The third kappa shape index (κ3) is 3.34. The Morgan fingerprint density at radius 3 is 2.47 bits per heavy atom. The molecule has 0 aliphatic carbocycles. The highest BCUT2D eigenvalue weighted by Gasteiger charge is 2.16. The van der Waals surface area contributed by atoms with Gasteiger partial charge in [0, 0.05) is 17.5 Å². The van der Waals surface area contributed by atoms with Gasteiger partial charge in [-0.1, -0.05) is 19.1 Å². The molecule has 0 amide bonds. The molecule has 0 fully saturated rings. The number of hydrogen-bond donors (Lipinski definition) is 1. The van der Waals surface area contributed by atoms with Crippen LogP contribution >= 0.6 is 0 Å². The van der Waals surface area contributed by atoms with Crippen LogP contribution in [0.25, 0.3) is 0 Å². The van der Waals surface area contributed by atoms with Crippen molar-refractivity contribution in [1.82, 2.24) is 0 Å². The Labute approximate surface area is 97.1 Å². The van der Waals surface area contributed by atoms with Crippen LogP contribution in [-0.2, 0) is 11.2 Å². The number of carbonyl (C=O) groups excluding carboxylic acids is 1. The maximum absolute atomic E-state index is 12.6. The number of aliphatic carboxylic acids is 1. The number of carboxylic acids is 1. The Hall–Kier alpha value is -1.78. The summed E-state index contributed by atoms with van der Waals surface area (Å²) in [6, 6.07) is 3.66. The fourth-order valence-corrected chi connectivity index (χ4v) is 1.51. The second-order valence-corrected chi connectivity index (χ2v) is 3.56. The molecule has 0 heterocycles. The summed E-state index contributed by atoms with van der Waals surface area (Å²) in [6.45, 7) is 1.65. The number of rotatable bonds is 5. The van der Waals surface area contributed by atoms with Gasteiger partial charge in [0.1, 0.15) is 0 Å². The van der Waals surface area contributed by atoms with Crippen LogP contribution in [0.4, 0.5) is 8.78 Å². The highest BCUT2D eigenvalue weighted by molar-refractivity contribution is 5.96. The topological polar surface area (TPSA) is 54.4 Å². The van der Waals surface area contributed by atoms with Crippen molar-refractivity contribution in [1.29, 1.82) is 0 Å². The molecule has 0 spiro atoms. The van der Waals surface area contributed by atoms with Gasteiger partial charge in [-0.25, -0.2) is 8.78 Å². The number of hydrogen-bond acceptors (Lipinski definition) is 2. The number of Topliss-reactive ketones (excluding diaryl/α,β-unsaturated/α-hetero) is 1. The maximum atomic E-state index is 12.6. The lowest BCUT2D eigenvalue weighted by molar-refractivity contribution is -0.136. The maximum Gasteiger partial charge on any atom is 0.307 e. The lowest BCUT2D eigenvalue weighted by atomic mass is 9.99. The quantitative estimate of drug-likeness (QED) is 0.808. The molecule has 0 radical (unpaired) electrons. The van der Waals surface area contributed by atoms with Gasteiger partial charge >= 0.3 is 5.97 Å². The first-order valence-corrected chi connectivity index (χ1v) is 5.11. The molecule has 17 heavy (non-hydrogen) atoms. The predicted molar refractivity (Wildman–Crippen MR) is 57.4 cm³/mol. The van der Waals surface area contributed by atoms with Crippen molar-refractivity contribution in [3.05, 3.63) is 34.9 Å². The molecule has 0 saturated carbocycles. The van der Waals surface area contributed by atoms with Gasteiger partial charge in [-0.2, -0.15) is 0 Å². The summed E-state index contributed by atoms with van der Waals surface area (Å²) in [5.41, 5.74) is -0.0694. The smallest absolute Gasteiger partial charge is 0.307 e. The molecular weight excluding hydrogens is 230 g/mol. The van der Waals surface area contributed by atoms with Crippen LogP contribution in [0.5, 0.6) is 0 Å². The summed E-state index contributed by atoms with van der Waals surface area (Å²) in [5.74, 6) is -1.40. The van der Waals surface area contributed by atoms with Crippen molar-refractivity contribution >= 4 is 11.8 Å². The average molecular weight is 242 g/mol. The van der Waals surface area contributed by atoms with Crippen LogP contribution < -0.4 is 0 Å². The Kier molecular flexibility index (Phi) is 4.31. The van der Waals surface area contributed by atoms with E-state index in [1.165, 1.54) is 12.1 Å². The van der Waals surface area contributed by atoms with Crippen molar-refractivity contribution in [2.75, 3.05) is 0 Å². The molecule has 0 atom stereocenters. The van der Waals surface area contributed by atoms with Gasteiger partial charge in [0.15, 0.2) is 5.78 Å². The second kappa shape index (κ2) is 5.52. The van der Waals surface area contributed by atoms with E-state index in [4.69, 9.17) is 5.11 Å². The van der Waals surface area contributed by atoms with Crippen LogP contribution in [-0.4, -0.2) is 16.9 Å². The van der Waals surface area contributed by atoms with Gasteiger partial charge in [-0.3, -0.25) is 9.59 Å². The molecule has 0 bridgehead atoms. The van der Waals surface area contributed by atoms with E-state index in [1.807, 2.05) is 0 Å². The van der Waals surface area contributed by atoms with Gasteiger partial charge in [0.05, 0.1) is 6.42 Å². The number of ketones is 1. The van der Waals surface area contributed by atoms with Gasteiger partial charge in [-0.05, 0) is 11.6 Å². The third-order valence-electron chi connectivity index (χ3n) is 2.36. The number of alkyl halides is 2. The molecule has 1 aromatic carbocycles. The van der Waals surface area contributed by atoms with Gasteiger partial charge in [0.2, 0.25) is 0 Å². The molecule has 1 rings (SSSR count). The van der Waals surface area contributed by atoms with Crippen molar-refractivity contribution < 1.29 is 23.5 Å². The van der Waals surface area contributed by atoms with Crippen LogP contribution in [0, 0.1) is 0 Å². The Morgan fingerprint density at radius 2 is 2.00 bits per heavy atom. The Morgan fingerprint density at radius 1 is 1.35 bits per heavy atom. The fraction of sp³-hybridized carbons (Fsp3) is 0.333. The van der Waals surface area contributed by atoms with Crippen LogP contribution in [0.15, 0.2) is 18.2 Å². The zero-order valence-corrected chi connectivity index (χ0v) is 9.24. The Balaban J connectivity index is 3.18. The average Bonchev–Trinajstić information content (AvgIpc) is 2.26. The zero-order valence-electron chi connectivity index (χ0n) is 9.24. The SMILES string of the molecule is CCC(=O)c1ccc(C(F)F)c(CC(=O)O)c1. The highest BCUT2D eigenvalue weighted by Crippen LogP contribution is 2.25. The molecule has 0 saturated heterocycles. The molecule has 0 aromatic heterocycles. The predicted octanol–water partition coefficient (Wildman–Crippen LogP) is 2.84. The Bertz CT molecular complexity index is 441. The van der Waals surface area contributed by atoms with Crippen molar-refractivity contribution in [2.24, 2.45) is 0 Å².